The fourth-order valence-corrected chi connectivity index (χ4v) is 4.45. The molecule has 1 saturated heterocycles. The first-order chi connectivity index (χ1) is 14.6. The molecule has 0 bridgehead atoms. The Labute approximate surface area is 190 Å². The van der Waals surface area contributed by atoms with Crippen LogP contribution in [0.15, 0.2) is 18.2 Å². The summed E-state index contributed by atoms with van der Waals surface area (Å²) in [5, 5.41) is 3.52. The van der Waals surface area contributed by atoms with Crippen LogP contribution in [0.3, 0.4) is 0 Å². The van der Waals surface area contributed by atoms with E-state index in [0.717, 1.165) is 49.5 Å². The fourth-order valence-electron chi connectivity index (χ4n) is 4.45. The van der Waals surface area contributed by atoms with Gasteiger partial charge in [-0.05, 0) is 82.3 Å². The molecule has 176 valence electrons. The van der Waals surface area contributed by atoms with Gasteiger partial charge < -0.3 is 20.9 Å². The van der Waals surface area contributed by atoms with Crippen LogP contribution in [0.1, 0.15) is 72.8 Å². The third-order valence-corrected chi connectivity index (χ3v) is 6.18. The molecule has 0 unspecified atom stereocenters. The normalized spacial score (nSPS) is 15.5. The molecule has 31 heavy (non-hydrogen) atoms. The van der Waals surface area contributed by atoms with E-state index in [9.17, 15) is 4.79 Å². The van der Waals surface area contributed by atoms with Gasteiger partial charge in [-0.1, -0.05) is 40.2 Å². The second-order valence-electron chi connectivity index (χ2n) is 10.6. The summed E-state index contributed by atoms with van der Waals surface area (Å²) in [4.78, 5) is 18.1. The Bertz CT molecular complexity index is 683. The average molecular weight is 431 g/mol. The average Bonchev–Trinajstić information content (AvgIpc) is 2.71. The van der Waals surface area contributed by atoms with Gasteiger partial charge in [0.15, 0.2) is 0 Å². The molecule has 1 aromatic rings. The molecule has 5 nitrogen and oxygen atoms in total. The van der Waals surface area contributed by atoms with Gasteiger partial charge >= 0.3 is 0 Å². The molecule has 3 N–H and O–H groups in total. The highest BCUT2D eigenvalue weighted by atomic mass is 16.2. The molecule has 0 radical (unpaired) electrons. The maximum absolute atomic E-state index is 13.5. The van der Waals surface area contributed by atoms with Crippen LogP contribution < -0.4 is 11.1 Å². The SMILES string of the molecule is CC(C)CN(CC(C)C)C(=O)C(C)(C)c1ccc(N)c(NCCCN2CCCCC2)c1. The van der Waals surface area contributed by atoms with Crippen molar-refractivity contribution in [2.24, 2.45) is 11.8 Å². The van der Waals surface area contributed by atoms with Crippen LogP contribution in [-0.4, -0.2) is 55.0 Å². The number of likely N-dealkylation sites (tertiary alicyclic amines) is 1. The number of rotatable bonds is 11. The van der Waals surface area contributed by atoms with Crippen LogP contribution in [0.2, 0.25) is 0 Å². The Morgan fingerprint density at radius 1 is 1.10 bits per heavy atom. The highest BCUT2D eigenvalue weighted by Gasteiger charge is 2.34. The molecule has 0 aromatic heterocycles. The summed E-state index contributed by atoms with van der Waals surface area (Å²) < 4.78 is 0. The summed E-state index contributed by atoms with van der Waals surface area (Å²) in [6, 6.07) is 6.03. The molecule has 5 heteroatoms. The highest BCUT2D eigenvalue weighted by molar-refractivity contribution is 5.88. The number of nitrogens with one attached hydrogen (secondary N) is 1. The highest BCUT2D eigenvalue weighted by Crippen LogP contribution is 2.31. The number of anilines is 2. The third-order valence-electron chi connectivity index (χ3n) is 6.18. The van der Waals surface area contributed by atoms with E-state index in [1.54, 1.807) is 0 Å². The van der Waals surface area contributed by atoms with Gasteiger partial charge in [0.2, 0.25) is 5.91 Å². The van der Waals surface area contributed by atoms with Crippen molar-refractivity contribution in [2.45, 2.75) is 72.6 Å². The first-order valence-electron chi connectivity index (χ1n) is 12.3. The zero-order valence-corrected chi connectivity index (χ0v) is 20.8. The van der Waals surface area contributed by atoms with Crippen LogP contribution in [0, 0.1) is 11.8 Å². The van der Waals surface area contributed by atoms with E-state index in [1.807, 2.05) is 30.9 Å². The quantitative estimate of drug-likeness (QED) is 0.384. The van der Waals surface area contributed by atoms with Crippen molar-refractivity contribution in [2.75, 3.05) is 50.3 Å². The lowest BCUT2D eigenvalue weighted by molar-refractivity contribution is -0.137. The summed E-state index contributed by atoms with van der Waals surface area (Å²) in [7, 11) is 0. The van der Waals surface area contributed by atoms with Crippen LogP contribution in [-0.2, 0) is 10.2 Å². The van der Waals surface area contributed by atoms with Gasteiger partial charge in [-0.15, -0.1) is 0 Å². The number of carbonyl (C=O) groups is 1. The van der Waals surface area contributed by atoms with Gasteiger partial charge in [-0.2, -0.15) is 0 Å². The third kappa shape index (κ3) is 7.71. The second kappa shape index (κ2) is 11.8. The van der Waals surface area contributed by atoms with Gasteiger partial charge in [0.05, 0.1) is 16.8 Å². The number of piperidine rings is 1. The first kappa shape index (κ1) is 25.5. The van der Waals surface area contributed by atoms with E-state index >= 15 is 0 Å². The van der Waals surface area contributed by atoms with Crippen molar-refractivity contribution in [1.82, 2.24) is 9.80 Å². The van der Waals surface area contributed by atoms with Crippen molar-refractivity contribution >= 4 is 17.3 Å². The molecule has 1 aliphatic rings. The molecule has 1 heterocycles. The Hall–Kier alpha value is -1.75. The van der Waals surface area contributed by atoms with Crippen molar-refractivity contribution < 1.29 is 4.79 Å². The van der Waals surface area contributed by atoms with E-state index < -0.39 is 5.41 Å². The maximum Gasteiger partial charge on any atom is 0.232 e. The summed E-state index contributed by atoms with van der Waals surface area (Å²) in [6.07, 6.45) is 5.13. The second-order valence-corrected chi connectivity index (χ2v) is 10.6. The Morgan fingerprint density at radius 2 is 1.71 bits per heavy atom. The molecule has 2 rings (SSSR count). The number of nitrogen functional groups attached to an aromatic ring is 1. The molecule has 0 spiro atoms. The summed E-state index contributed by atoms with van der Waals surface area (Å²) in [5.74, 6) is 1.08. The summed E-state index contributed by atoms with van der Waals surface area (Å²) in [6.45, 7) is 18.8. The van der Waals surface area contributed by atoms with E-state index in [0.29, 0.717) is 11.8 Å². The van der Waals surface area contributed by atoms with Gasteiger partial charge in [0.1, 0.15) is 0 Å². The van der Waals surface area contributed by atoms with Crippen molar-refractivity contribution in [3.63, 3.8) is 0 Å². The molecule has 1 aromatic carbocycles. The molecule has 1 amide bonds. The molecule has 0 saturated carbocycles. The molecule has 0 atom stereocenters. The smallest absolute Gasteiger partial charge is 0.232 e. The van der Waals surface area contributed by atoms with Crippen LogP contribution in [0.4, 0.5) is 11.4 Å². The number of amides is 1. The predicted octanol–water partition coefficient (Wildman–Crippen LogP) is 4.97. The number of hydrogen-bond acceptors (Lipinski definition) is 4. The standard InChI is InChI=1S/C26H46N4O/c1-20(2)18-30(19-21(3)4)25(31)26(5,6)22-11-12-23(27)24(17-22)28-13-10-16-29-14-8-7-9-15-29/h11-12,17,20-21,28H,7-10,13-16,18-19,27H2,1-6H3. The minimum absolute atomic E-state index is 0.190. The topological polar surface area (TPSA) is 61.6 Å². The number of nitrogens with zero attached hydrogens (tertiary/aromatic N) is 2. The Kier molecular flexibility index (Phi) is 9.67. The molecular weight excluding hydrogens is 384 g/mol. The maximum atomic E-state index is 13.5. The largest absolute Gasteiger partial charge is 0.397 e. The molecule has 1 fully saturated rings. The van der Waals surface area contributed by atoms with Gasteiger partial charge in [0.25, 0.3) is 0 Å². The Balaban J connectivity index is 2.05. The van der Waals surface area contributed by atoms with Crippen molar-refractivity contribution in [3.05, 3.63) is 23.8 Å². The van der Waals surface area contributed by atoms with Gasteiger partial charge in [-0.3, -0.25) is 4.79 Å². The zero-order chi connectivity index (χ0) is 23.0. The van der Waals surface area contributed by atoms with E-state index in [1.165, 1.54) is 32.4 Å². The molecule has 1 aliphatic heterocycles. The molecular formula is C26H46N4O. The monoisotopic (exact) mass is 430 g/mol. The number of benzene rings is 1. The zero-order valence-electron chi connectivity index (χ0n) is 20.8. The predicted molar refractivity (Wildman–Crippen MR) is 134 cm³/mol. The lowest BCUT2D eigenvalue weighted by Gasteiger charge is -2.35. The minimum atomic E-state index is -0.596. The van der Waals surface area contributed by atoms with E-state index in [-0.39, 0.29) is 5.91 Å². The van der Waals surface area contributed by atoms with E-state index in [2.05, 4.69) is 44.0 Å². The lowest BCUT2D eigenvalue weighted by Crippen LogP contribution is -2.46. The molecule has 0 aliphatic carbocycles. The minimum Gasteiger partial charge on any atom is -0.397 e. The number of hydrogen-bond donors (Lipinski definition) is 2. The number of nitrogens with two attached hydrogens (primary N) is 1. The summed E-state index contributed by atoms with van der Waals surface area (Å²) in [5.41, 5.74) is 8.36. The summed E-state index contributed by atoms with van der Waals surface area (Å²) >= 11 is 0. The van der Waals surface area contributed by atoms with E-state index in [4.69, 9.17) is 5.73 Å². The van der Waals surface area contributed by atoms with Crippen LogP contribution >= 0.6 is 0 Å². The van der Waals surface area contributed by atoms with Crippen molar-refractivity contribution in [1.29, 1.82) is 0 Å². The fraction of sp³-hybridized carbons (Fsp3) is 0.731. The lowest BCUT2D eigenvalue weighted by atomic mass is 9.82. The van der Waals surface area contributed by atoms with Crippen molar-refractivity contribution in [3.8, 4) is 0 Å². The van der Waals surface area contributed by atoms with Gasteiger partial charge in [0, 0.05) is 19.6 Å². The van der Waals surface area contributed by atoms with Crippen LogP contribution in [0.25, 0.3) is 0 Å². The Morgan fingerprint density at radius 3 is 2.29 bits per heavy atom. The number of carbonyl (C=O) groups excluding carboxylic acids is 1. The van der Waals surface area contributed by atoms with Crippen LogP contribution in [0.5, 0.6) is 0 Å². The van der Waals surface area contributed by atoms with Gasteiger partial charge in [-0.25, -0.2) is 0 Å². The first-order valence-corrected chi connectivity index (χ1v) is 12.3.